The summed E-state index contributed by atoms with van der Waals surface area (Å²) in [5.74, 6) is 1.47. The van der Waals surface area contributed by atoms with Gasteiger partial charge in [-0.2, -0.15) is 0 Å². The summed E-state index contributed by atoms with van der Waals surface area (Å²) in [6.07, 6.45) is 0. The third-order valence-corrected chi connectivity index (χ3v) is 5.34. The van der Waals surface area contributed by atoms with E-state index in [2.05, 4.69) is 33.5 Å². The van der Waals surface area contributed by atoms with Gasteiger partial charge in [0.2, 0.25) is 0 Å². The van der Waals surface area contributed by atoms with E-state index in [1.165, 1.54) is 12.1 Å². The fourth-order valence-electron chi connectivity index (χ4n) is 3.77. The molecular formula is C26H22FN3O. The SMILES string of the molecule is Fc1ccc(COc2ccc3ccccc3c2CNCc2nc3ccccc3[nH]2)cc1. The predicted octanol–water partition coefficient (Wildman–Crippen LogP) is 5.72. The second kappa shape index (κ2) is 8.58. The minimum absolute atomic E-state index is 0.245. The molecule has 0 aliphatic rings. The second-order valence-corrected chi connectivity index (χ2v) is 7.48. The lowest BCUT2D eigenvalue weighted by Gasteiger charge is -2.15. The fourth-order valence-corrected chi connectivity index (χ4v) is 3.77. The zero-order chi connectivity index (χ0) is 21.0. The van der Waals surface area contributed by atoms with E-state index >= 15 is 0 Å². The van der Waals surface area contributed by atoms with Crippen molar-refractivity contribution in [2.24, 2.45) is 0 Å². The van der Waals surface area contributed by atoms with Gasteiger partial charge in [-0.3, -0.25) is 0 Å². The van der Waals surface area contributed by atoms with Crippen LogP contribution in [0.1, 0.15) is 17.0 Å². The molecule has 5 rings (SSSR count). The highest BCUT2D eigenvalue weighted by Gasteiger charge is 2.10. The van der Waals surface area contributed by atoms with Crippen molar-refractivity contribution in [3.63, 3.8) is 0 Å². The molecule has 0 spiro atoms. The van der Waals surface area contributed by atoms with Gasteiger partial charge >= 0.3 is 0 Å². The number of benzene rings is 4. The smallest absolute Gasteiger partial charge is 0.124 e. The quantitative estimate of drug-likeness (QED) is 0.360. The van der Waals surface area contributed by atoms with Gasteiger partial charge in [0.1, 0.15) is 24.0 Å². The molecule has 0 atom stereocenters. The molecule has 4 nitrogen and oxygen atoms in total. The zero-order valence-electron chi connectivity index (χ0n) is 16.9. The van der Waals surface area contributed by atoms with Crippen molar-refractivity contribution >= 4 is 21.8 Å². The van der Waals surface area contributed by atoms with Gasteiger partial charge in [0.25, 0.3) is 0 Å². The number of aromatic amines is 1. The number of H-pyrrole nitrogens is 1. The van der Waals surface area contributed by atoms with Crippen molar-refractivity contribution in [2.45, 2.75) is 19.7 Å². The number of hydrogen-bond acceptors (Lipinski definition) is 3. The number of nitrogens with one attached hydrogen (secondary N) is 2. The van der Waals surface area contributed by atoms with Gasteiger partial charge in [0.15, 0.2) is 0 Å². The molecule has 0 saturated carbocycles. The van der Waals surface area contributed by atoms with Crippen LogP contribution >= 0.6 is 0 Å². The molecule has 0 bridgehead atoms. The van der Waals surface area contributed by atoms with Crippen LogP contribution in [0.15, 0.2) is 84.9 Å². The molecule has 4 aromatic carbocycles. The van der Waals surface area contributed by atoms with Crippen molar-refractivity contribution in [3.8, 4) is 5.75 Å². The van der Waals surface area contributed by atoms with Gasteiger partial charge in [-0.15, -0.1) is 0 Å². The van der Waals surface area contributed by atoms with E-state index in [0.29, 0.717) is 19.7 Å². The molecule has 2 N–H and O–H groups in total. The van der Waals surface area contributed by atoms with Crippen molar-refractivity contribution in [1.82, 2.24) is 15.3 Å². The lowest BCUT2D eigenvalue weighted by Crippen LogP contribution is -2.15. The topological polar surface area (TPSA) is 49.9 Å². The molecule has 0 aliphatic carbocycles. The van der Waals surface area contributed by atoms with E-state index in [-0.39, 0.29) is 5.82 Å². The molecule has 5 heteroatoms. The van der Waals surface area contributed by atoms with Crippen molar-refractivity contribution in [2.75, 3.05) is 0 Å². The summed E-state index contributed by atoms with van der Waals surface area (Å²) in [5, 5.41) is 5.81. The lowest BCUT2D eigenvalue weighted by molar-refractivity contribution is 0.302. The largest absolute Gasteiger partial charge is 0.489 e. The predicted molar refractivity (Wildman–Crippen MR) is 121 cm³/mol. The maximum absolute atomic E-state index is 13.2. The number of imidazole rings is 1. The first kappa shape index (κ1) is 19.3. The van der Waals surface area contributed by atoms with Crippen LogP contribution in [0.5, 0.6) is 5.75 Å². The van der Waals surface area contributed by atoms with Crippen molar-refractivity contribution in [3.05, 3.63) is 108 Å². The monoisotopic (exact) mass is 411 g/mol. The van der Waals surface area contributed by atoms with Crippen molar-refractivity contribution in [1.29, 1.82) is 0 Å². The summed E-state index contributed by atoms with van der Waals surface area (Å²) in [6, 6.07) is 26.8. The van der Waals surface area contributed by atoms with Crippen LogP contribution in [0.2, 0.25) is 0 Å². The molecular weight excluding hydrogens is 389 g/mol. The Morgan fingerprint density at radius 2 is 1.65 bits per heavy atom. The molecule has 0 amide bonds. The van der Waals surface area contributed by atoms with Crippen LogP contribution in [0.25, 0.3) is 21.8 Å². The maximum atomic E-state index is 13.2. The van der Waals surface area contributed by atoms with Crippen molar-refractivity contribution < 1.29 is 9.13 Å². The van der Waals surface area contributed by atoms with E-state index in [4.69, 9.17) is 4.74 Å². The van der Waals surface area contributed by atoms with Crippen LogP contribution < -0.4 is 10.1 Å². The van der Waals surface area contributed by atoms with Gasteiger partial charge in [0.05, 0.1) is 17.6 Å². The summed E-state index contributed by atoms with van der Waals surface area (Å²) >= 11 is 0. The highest BCUT2D eigenvalue weighted by atomic mass is 19.1. The number of fused-ring (bicyclic) bond motifs is 2. The first-order valence-electron chi connectivity index (χ1n) is 10.3. The van der Waals surface area contributed by atoms with E-state index in [1.54, 1.807) is 12.1 Å². The molecule has 0 unspecified atom stereocenters. The number of aromatic nitrogens is 2. The highest BCUT2D eigenvalue weighted by Crippen LogP contribution is 2.29. The lowest BCUT2D eigenvalue weighted by atomic mass is 10.0. The molecule has 1 heterocycles. The Morgan fingerprint density at radius 3 is 2.52 bits per heavy atom. The number of para-hydroxylation sites is 2. The summed E-state index contributed by atoms with van der Waals surface area (Å²) in [5.41, 5.74) is 4.02. The fraction of sp³-hybridized carbons (Fsp3) is 0.115. The molecule has 0 aliphatic heterocycles. The number of rotatable bonds is 7. The third-order valence-electron chi connectivity index (χ3n) is 5.34. The Bertz CT molecular complexity index is 1290. The van der Waals surface area contributed by atoms with E-state index < -0.39 is 0 Å². The normalized spacial score (nSPS) is 11.3. The van der Waals surface area contributed by atoms with E-state index in [0.717, 1.165) is 44.5 Å². The van der Waals surface area contributed by atoms with Gasteiger partial charge in [-0.25, -0.2) is 9.37 Å². The summed E-state index contributed by atoms with van der Waals surface area (Å²) < 4.78 is 19.3. The van der Waals surface area contributed by atoms with Crippen LogP contribution in [-0.4, -0.2) is 9.97 Å². The number of nitrogens with zero attached hydrogens (tertiary/aromatic N) is 1. The molecule has 0 fully saturated rings. The van der Waals surface area contributed by atoms with Gasteiger partial charge < -0.3 is 15.0 Å². The number of halogens is 1. The Balaban J connectivity index is 1.36. The molecule has 154 valence electrons. The van der Waals surface area contributed by atoms with Gasteiger partial charge in [0, 0.05) is 12.1 Å². The second-order valence-electron chi connectivity index (χ2n) is 7.48. The average molecular weight is 411 g/mol. The Morgan fingerprint density at radius 1 is 0.839 bits per heavy atom. The minimum Gasteiger partial charge on any atom is -0.489 e. The van der Waals surface area contributed by atoms with Crippen LogP contribution in [0.4, 0.5) is 4.39 Å². The zero-order valence-corrected chi connectivity index (χ0v) is 16.9. The van der Waals surface area contributed by atoms with Crippen LogP contribution in [0, 0.1) is 5.82 Å². The number of hydrogen-bond donors (Lipinski definition) is 2. The maximum Gasteiger partial charge on any atom is 0.124 e. The van der Waals surface area contributed by atoms with Gasteiger partial charge in [-0.05, 0) is 46.7 Å². The molecule has 1 aromatic heterocycles. The summed E-state index contributed by atoms with van der Waals surface area (Å²) in [6.45, 7) is 1.64. The Hall–Kier alpha value is -3.70. The first-order valence-corrected chi connectivity index (χ1v) is 10.3. The Kier molecular flexibility index (Phi) is 5.33. The van der Waals surface area contributed by atoms with E-state index in [9.17, 15) is 4.39 Å². The third kappa shape index (κ3) is 4.27. The standard InChI is InChI=1S/C26H22FN3O/c27-20-12-9-18(10-13-20)17-31-25-14-11-19-5-1-2-6-21(19)22(25)15-28-16-26-29-23-7-3-4-8-24(23)30-26/h1-14,28H,15-17H2,(H,29,30). The molecule has 0 radical (unpaired) electrons. The minimum atomic E-state index is -0.245. The summed E-state index contributed by atoms with van der Waals surface area (Å²) in [7, 11) is 0. The molecule has 5 aromatic rings. The molecule has 0 saturated heterocycles. The average Bonchev–Trinajstić information content (AvgIpc) is 3.22. The molecule has 31 heavy (non-hydrogen) atoms. The van der Waals surface area contributed by atoms with Crippen LogP contribution in [0.3, 0.4) is 0 Å². The number of ether oxygens (including phenoxy) is 1. The van der Waals surface area contributed by atoms with E-state index in [1.807, 2.05) is 42.5 Å². The van der Waals surface area contributed by atoms with Gasteiger partial charge in [-0.1, -0.05) is 54.6 Å². The first-order chi connectivity index (χ1) is 15.3. The highest BCUT2D eigenvalue weighted by molar-refractivity contribution is 5.87. The van der Waals surface area contributed by atoms with Crippen LogP contribution in [-0.2, 0) is 19.7 Å². The Labute approximate surface area is 179 Å². The summed E-state index contributed by atoms with van der Waals surface area (Å²) in [4.78, 5) is 7.98.